The number of rotatable bonds is 4. The summed E-state index contributed by atoms with van der Waals surface area (Å²) in [6.45, 7) is 0.0953. The van der Waals surface area contributed by atoms with Gasteiger partial charge in [-0.15, -0.1) is 0 Å². The molecule has 23 heavy (non-hydrogen) atoms. The molecule has 0 spiro atoms. The van der Waals surface area contributed by atoms with E-state index in [1.165, 1.54) is 0 Å². The van der Waals surface area contributed by atoms with Crippen molar-refractivity contribution in [1.29, 1.82) is 0 Å². The van der Waals surface area contributed by atoms with Gasteiger partial charge >= 0.3 is 5.97 Å². The van der Waals surface area contributed by atoms with Crippen LogP contribution in [0.25, 0.3) is 0 Å². The van der Waals surface area contributed by atoms with Gasteiger partial charge in [-0.2, -0.15) is 0 Å². The maximum Gasteiger partial charge on any atom is 0.338 e. The van der Waals surface area contributed by atoms with Crippen molar-refractivity contribution in [3.05, 3.63) is 58.7 Å². The smallest absolute Gasteiger partial charge is 0.338 e. The van der Waals surface area contributed by atoms with Gasteiger partial charge in [-0.25, -0.2) is 4.79 Å². The summed E-state index contributed by atoms with van der Waals surface area (Å²) in [7, 11) is 0. The van der Waals surface area contributed by atoms with E-state index in [-0.39, 0.29) is 18.5 Å². The normalized spacial score (nSPS) is 26.6. The zero-order chi connectivity index (χ0) is 16.3. The van der Waals surface area contributed by atoms with E-state index in [0.29, 0.717) is 12.0 Å². The Morgan fingerprint density at radius 1 is 1.30 bits per heavy atom. The molecule has 0 bridgehead atoms. The Hall–Kier alpha value is -1.87. The lowest BCUT2D eigenvalue weighted by Gasteiger charge is -2.40. The lowest BCUT2D eigenvalue weighted by Crippen LogP contribution is -2.39. The summed E-state index contributed by atoms with van der Waals surface area (Å²) >= 11 is 6.12. The Morgan fingerprint density at radius 2 is 2.09 bits per heavy atom. The molecule has 0 amide bonds. The van der Waals surface area contributed by atoms with Gasteiger partial charge in [0.15, 0.2) is 0 Å². The first-order valence-electron chi connectivity index (χ1n) is 7.90. The van der Waals surface area contributed by atoms with Gasteiger partial charge in [-0.05, 0) is 43.4 Å². The van der Waals surface area contributed by atoms with Crippen molar-refractivity contribution in [1.82, 2.24) is 0 Å². The number of carbonyl (C=O) groups excluding carboxylic acids is 2. The molecule has 0 aliphatic heterocycles. The highest BCUT2D eigenvalue weighted by atomic mass is 35.5. The molecule has 2 atom stereocenters. The first-order chi connectivity index (χ1) is 11.1. The Kier molecular flexibility index (Phi) is 4.67. The number of carbonyl (C=O) groups is 2. The summed E-state index contributed by atoms with van der Waals surface area (Å²) in [5.41, 5.74) is 0.854. The molecule has 0 saturated heterocycles. The van der Waals surface area contributed by atoms with Gasteiger partial charge in [0.1, 0.15) is 12.9 Å². The Morgan fingerprint density at radius 3 is 2.83 bits per heavy atom. The first kappa shape index (κ1) is 16.0. The van der Waals surface area contributed by atoms with E-state index in [1.807, 2.05) is 18.2 Å². The molecule has 1 aromatic rings. The van der Waals surface area contributed by atoms with Crippen molar-refractivity contribution in [2.75, 3.05) is 6.61 Å². The van der Waals surface area contributed by atoms with E-state index >= 15 is 0 Å². The minimum atomic E-state index is -0.707. The summed E-state index contributed by atoms with van der Waals surface area (Å²) in [4.78, 5) is 24.0. The molecule has 2 aliphatic carbocycles. The van der Waals surface area contributed by atoms with Gasteiger partial charge in [0.05, 0.1) is 11.0 Å². The highest BCUT2D eigenvalue weighted by Gasteiger charge is 2.43. The fourth-order valence-corrected chi connectivity index (χ4v) is 3.79. The van der Waals surface area contributed by atoms with E-state index in [4.69, 9.17) is 16.3 Å². The van der Waals surface area contributed by atoms with Crippen LogP contribution in [0, 0.1) is 11.3 Å². The molecule has 3 nitrogen and oxygen atoms in total. The number of hydrogen-bond acceptors (Lipinski definition) is 3. The molecule has 1 aromatic carbocycles. The van der Waals surface area contributed by atoms with E-state index in [2.05, 4.69) is 0 Å². The third kappa shape index (κ3) is 3.25. The van der Waals surface area contributed by atoms with Crippen molar-refractivity contribution >= 4 is 23.9 Å². The van der Waals surface area contributed by atoms with Crippen molar-refractivity contribution in [2.45, 2.75) is 25.7 Å². The lowest BCUT2D eigenvalue weighted by molar-refractivity contribution is -0.117. The molecule has 0 radical (unpaired) electrons. The molecular weight excluding hydrogens is 312 g/mol. The summed E-state index contributed by atoms with van der Waals surface area (Å²) < 4.78 is 5.47. The monoisotopic (exact) mass is 330 g/mol. The number of esters is 1. The van der Waals surface area contributed by atoms with Crippen LogP contribution < -0.4 is 0 Å². The van der Waals surface area contributed by atoms with Crippen molar-refractivity contribution in [2.24, 2.45) is 11.3 Å². The molecule has 1 fully saturated rings. The average molecular weight is 331 g/mol. The third-order valence-electron chi connectivity index (χ3n) is 4.77. The molecule has 120 valence electrons. The molecule has 0 N–H and O–H groups in total. The molecule has 4 heteroatoms. The van der Waals surface area contributed by atoms with Crippen LogP contribution in [0.4, 0.5) is 0 Å². The summed E-state index contributed by atoms with van der Waals surface area (Å²) in [6, 6.07) is 8.85. The zero-order valence-electron chi connectivity index (χ0n) is 12.8. The van der Waals surface area contributed by atoms with E-state index in [1.54, 1.807) is 24.3 Å². The fraction of sp³-hybridized carbons (Fsp3) is 0.368. The van der Waals surface area contributed by atoms with Crippen LogP contribution >= 0.6 is 11.6 Å². The topological polar surface area (TPSA) is 43.4 Å². The van der Waals surface area contributed by atoms with Gasteiger partial charge < -0.3 is 9.53 Å². The van der Waals surface area contributed by atoms with Gasteiger partial charge in [0, 0.05) is 5.03 Å². The zero-order valence-corrected chi connectivity index (χ0v) is 13.6. The van der Waals surface area contributed by atoms with Gasteiger partial charge in [-0.3, -0.25) is 0 Å². The highest BCUT2D eigenvalue weighted by Crippen LogP contribution is 2.47. The highest BCUT2D eigenvalue weighted by molar-refractivity contribution is 6.29. The van der Waals surface area contributed by atoms with Gasteiger partial charge in [0.25, 0.3) is 0 Å². The maximum atomic E-state index is 12.2. The van der Waals surface area contributed by atoms with Crippen molar-refractivity contribution < 1.29 is 14.3 Å². The van der Waals surface area contributed by atoms with E-state index < -0.39 is 5.41 Å². The molecule has 0 aromatic heterocycles. The van der Waals surface area contributed by atoms with Crippen LogP contribution in [0.15, 0.2) is 53.1 Å². The van der Waals surface area contributed by atoms with Crippen LogP contribution in [0.2, 0.25) is 0 Å². The number of fused-ring (bicyclic) bond motifs is 1. The molecule has 1 unspecified atom stereocenters. The van der Waals surface area contributed by atoms with Crippen LogP contribution in [0.3, 0.4) is 0 Å². The second-order valence-corrected chi connectivity index (χ2v) is 6.73. The minimum Gasteiger partial charge on any atom is -0.461 e. The number of hydrogen-bond donors (Lipinski definition) is 0. The quantitative estimate of drug-likeness (QED) is 0.611. The predicted molar refractivity (Wildman–Crippen MR) is 89.2 cm³/mol. The van der Waals surface area contributed by atoms with Gasteiger partial charge in [-0.1, -0.05) is 47.9 Å². The van der Waals surface area contributed by atoms with Crippen molar-refractivity contribution in [3.8, 4) is 0 Å². The number of benzene rings is 1. The third-order valence-corrected chi connectivity index (χ3v) is 5.05. The molecule has 0 heterocycles. The Bertz CT molecular complexity index is 662. The first-order valence-corrected chi connectivity index (χ1v) is 8.28. The summed E-state index contributed by atoms with van der Waals surface area (Å²) in [6.07, 6.45) is 8.21. The van der Waals surface area contributed by atoms with Crippen LogP contribution in [0.5, 0.6) is 0 Å². The van der Waals surface area contributed by atoms with Gasteiger partial charge in [0.2, 0.25) is 0 Å². The maximum absolute atomic E-state index is 12.2. The second kappa shape index (κ2) is 6.71. The molecular formula is C19H19ClO3. The standard InChI is InChI=1S/C19H19ClO3/c20-16-8-9-17-15(11-16)7-4-10-19(17,12-21)13-23-18(22)14-5-2-1-3-6-14/h1-3,5-6,8-9,12,15H,4,7,10-11,13H2/t15?,19-/m0/s1. The molecule has 2 aliphatic rings. The van der Waals surface area contributed by atoms with Crippen LogP contribution in [0.1, 0.15) is 36.0 Å². The number of allylic oxidation sites excluding steroid dienone is 3. The number of ether oxygens (including phenoxy) is 1. The van der Waals surface area contributed by atoms with E-state index in [9.17, 15) is 9.59 Å². The Labute approximate surface area is 141 Å². The van der Waals surface area contributed by atoms with Crippen molar-refractivity contribution in [3.63, 3.8) is 0 Å². The Balaban J connectivity index is 1.78. The second-order valence-electron chi connectivity index (χ2n) is 6.24. The minimum absolute atomic E-state index is 0.0953. The number of halogens is 1. The molecule has 1 saturated carbocycles. The van der Waals surface area contributed by atoms with E-state index in [0.717, 1.165) is 36.2 Å². The predicted octanol–water partition coefficient (Wildman–Crippen LogP) is 4.28. The lowest BCUT2D eigenvalue weighted by atomic mass is 9.64. The fourth-order valence-electron chi connectivity index (χ4n) is 3.54. The van der Waals surface area contributed by atoms with Crippen LogP contribution in [-0.4, -0.2) is 18.9 Å². The van der Waals surface area contributed by atoms with Crippen LogP contribution in [-0.2, 0) is 9.53 Å². The summed E-state index contributed by atoms with van der Waals surface area (Å²) in [5.74, 6) is -0.110. The SMILES string of the molecule is O=C[C@]1(COC(=O)c2ccccc2)CCCC2CC(Cl)=CC=C21. The molecule has 3 rings (SSSR count). The number of aldehydes is 1. The average Bonchev–Trinajstić information content (AvgIpc) is 2.60. The largest absolute Gasteiger partial charge is 0.461 e. The summed E-state index contributed by atoms with van der Waals surface area (Å²) in [5, 5.41) is 0.821.